The Morgan fingerprint density at radius 2 is 2.15 bits per heavy atom. The SMILES string of the molecule is CCOC(=O)c1csc(NC(=O)CCn2ccc3c(OC)cccc32)n1. The van der Waals surface area contributed by atoms with E-state index in [1.807, 2.05) is 35.0 Å². The number of fused-ring (bicyclic) bond motifs is 1. The number of ether oxygens (including phenoxy) is 2. The number of nitrogens with zero attached hydrogens (tertiary/aromatic N) is 2. The standard InChI is InChI=1S/C18H19N3O4S/c1-3-25-17(23)13-11-26-18(19-13)20-16(22)8-10-21-9-7-12-14(21)5-4-6-15(12)24-2/h4-7,9,11H,3,8,10H2,1-2H3,(H,19,20,22). The summed E-state index contributed by atoms with van der Waals surface area (Å²) in [6.07, 6.45) is 2.22. The van der Waals surface area contributed by atoms with Crippen molar-refractivity contribution in [1.82, 2.24) is 9.55 Å². The van der Waals surface area contributed by atoms with E-state index in [0.717, 1.165) is 16.7 Å². The number of thiazole rings is 1. The molecule has 0 aliphatic carbocycles. The summed E-state index contributed by atoms with van der Waals surface area (Å²) in [5.74, 6) is 0.150. The van der Waals surface area contributed by atoms with Crippen LogP contribution in [0.2, 0.25) is 0 Å². The molecule has 26 heavy (non-hydrogen) atoms. The van der Waals surface area contributed by atoms with E-state index < -0.39 is 5.97 Å². The minimum absolute atomic E-state index is 0.167. The lowest BCUT2D eigenvalue weighted by atomic mass is 10.2. The molecule has 7 nitrogen and oxygen atoms in total. The summed E-state index contributed by atoms with van der Waals surface area (Å²) in [4.78, 5) is 27.8. The van der Waals surface area contributed by atoms with Crippen molar-refractivity contribution in [2.24, 2.45) is 0 Å². The van der Waals surface area contributed by atoms with E-state index >= 15 is 0 Å². The van der Waals surface area contributed by atoms with Gasteiger partial charge in [-0.1, -0.05) is 6.07 Å². The molecule has 0 atom stereocenters. The third-order valence-corrected chi connectivity index (χ3v) is 4.57. The Bertz CT molecular complexity index is 932. The molecule has 0 saturated carbocycles. The quantitative estimate of drug-likeness (QED) is 0.643. The highest BCUT2D eigenvalue weighted by Gasteiger charge is 2.13. The number of aromatic nitrogens is 2. The van der Waals surface area contributed by atoms with Gasteiger partial charge in [-0.15, -0.1) is 11.3 Å². The Kier molecular flexibility index (Phi) is 5.52. The fourth-order valence-corrected chi connectivity index (χ4v) is 3.30. The molecule has 0 unspecified atom stereocenters. The van der Waals surface area contributed by atoms with Crippen molar-refractivity contribution >= 4 is 39.2 Å². The molecule has 1 N–H and O–H groups in total. The lowest BCUT2D eigenvalue weighted by Gasteiger charge is -2.07. The molecular formula is C18H19N3O4S. The van der Waals surface area contributed by atoms with Crippen LogP contribution in [-0.2, 0) is 16.1 Å². The molecule has 3 aromatic rings. The Morgan fingerprint density at radius 3 is 2.92 bits per heavy atom. The van der Waals surface area contributed by atoms with Crippen molar-refractivity contribution < 1.29 is 19.1 Å². The third kappa shape index (κ3) is 3.85. The molecule has 1 aromatic carbocycles. The number of rotatable bonds is 7. The molecule has 0 spiro atoms. The van der Waals surface area contributed by atoms with E-state index in [4.69, 9.17) is 9.47 Å². The van der Waals surface area contributed by atoms with Crippen LogP contribution >= 0.6 is 11.3 Å². The van der Waals surface area contributed by atoms with Gasteiger partial charge in [-0.05, 0) is 25.1 Å². The van der Waals surface area contributed by atoms with Gasteiger partial charge in [0.25, 0.3) is 0 Å². The molecule has 0 aliphatic rings. The lowest BCUT2D eigenvalue weighted by Crippen LogP contribution is -2.14. The first-order chi connectivity index (χ1) is 12.6. The van der Waals surface area contributed by atoms with Crippen LogP contribution in [0, 0.1) is 0 Å². The second-order valence-corrected chi connectivity index (χ2v) is 6.32. The van der Waals surface area contributed by atoms with Gasteiger partial charge in [-0.25, -0.2) is 9.78 Å². The topological polar surface area (TPSA) is 82.5 Å². The van der Waals surface area contributed by atoms with Crippen molar-refractivity contribution in [2.45, 2.75) is 19.9 Å². The summed E-state index contributed by atoms with van der Waals surface area (Å²) in [5, 5.41) is 5.68. The number of nitrogens with one attached hydrogen (secondary N) is 1. The number of carbonyl (C=O) groups excluding carboxylic acids is 2. The summed E-state index contributed by atoms with van der Waals surface area (Å²) in [6, 6.07) is 7.79. The molecule has 8 heteroatoms. The highest BCUT2D eigenvalue weighted by Crippen LogP contribution is 2.26. The van der Waals surface area contributed by atoms with Crippen molar-refractivity contribution in [1.29, 1.82) is 0 Å². The summed E-state index contributed by atoms with van der Waals surface area (Å²) in [7, 11) is 1.64. The summed E-state index contributed by atoms with van der Waals surface area (Å²) >= 11 is 1.20. The molecule has 1 amide bonds. The highest BCUT2D eigenvalue weighted by molar-refractivity contribution is 7.14. The molecule has 136 valence electrons. The average Bonchev–Trinajstić information content (AvgIpc) is 3.27. The highest BCUT2D eigenvalue weighted by atomic mass is 32.1. The molecule has 0 radical (unpaired) electrons. The van der Waals surface area contributed by atoms with Crippen LogP contribution in [0.3, 0.4) is 0 Å². The maximum Gasteiger partial charge on any atom is 0.357 e. The number of methoxy groups -OCH3 is 1. The van der Waals surface area contributed by atoms with Gasteiger partial charge in [0.05, 0.1) is 19.2 Å². The molecule has 0 aliphatic heterocycles. The van der Waals surface area contributed by atoms with Gasteiger partial charge in [0.2, 0.25) is 5.91 Å². The van der Waals surface area contributed by atoms with Gasteiger partial charge < -0.3 is 19.4 Å². The molecule has 3 rings (SSSR count). The summed E-state index contributed by atoms with van der Waals surface area (Å²) in [6.45, 7) is 2.54. The van der Waals surface area contributed by atoms with E-state index in [1.54, 1.807) is 19.4 Å². The van der Waals surface area contributed by atoms with Crippen LogP contribution < -0.4 is 10.1 Å². The number of carbonyl (C=O) groups is 2. The van der Waals surface area contributed by atoms with E-state index in [-0.39, 0.29) is 24.6 Å². The zero-order valence-corrected chi connectivity index (χ0v) is 15.3. The van der Waals surface area contributed by atoms with Gasteiger partial charge >= 0.3 is 5.97 Å². The van der Waals surface area contributed by atoms with Crippen LogP contribution in [-0.4, -0.2) is 35.1 Å². The first kappa shape index (κ1) is 17.9. The molecule has 2 aromatic heterocycles. The summed E-state index contributed by atoms with van der Waals surface area (Å²) in [5.41, 5.74) is 1.21. The maximum atomic E-state index is 12.2. The fraction of sp³-hybridized carbons (Fsp3) is 0.278. The second-order valence-electron chi connectivity index (χ2n) is 5.46. The minimum atomic E-state index is -0.489. The van der Waals surface area contributed by atoms with Crippen molar-refractivity contribution in [3.63, 3.8) is 0 Å². The Hall–Kier alpha value is -2.87. The minimum Gasteiger partial charge on any atom is -0.496 e. The van der Waals surface area contributed by atoms with Crippen molar-refractivity contribution in [2.75, 3.05) is 19.0 Å². The monoisotopic (exact) mass is 373 g/mol. The molecular weight excluding hydrogens is 354 g/mol. The van der Waals surface area contributed by atoms with Gasteiger partial charge in [-0.2, -0.15) is 0 Å². The van der Waals surface area contributed by atoms with Crippen LogP contribution in [0.15, 0.2) is 35.8 Å². The van der Waals surface area contributed by atoms with Gasteiger partial charge in [0, 0.05) is 29.9 Å². The van der Waals surface area contributed by atoms with Crippen molar-refractivity contribution in [3.8, 4) is 5.75 Å². The first-order valence-electron chi connectivity index (χ1n) is 8.16. The maximum absolute atomic E-state index is 12.2. The van der Waals surface area contributed by atoms with Crippen molar-refractivity contribution in [3.05, 3.63) is 41.5 Å². The number of anilines is 1. The fourth-order valence-electron chi connectivity index (χ4n) is 2.60. The second kappa shape index (κ2) is 8.01. The number of hydrogen-bond donors (Lipinski definition) is 1. The average molecular weight is 373 g/mol. The smallest absolute Gasteiger partial charge is 0.357 e. The third-order valence-electron chi connectivity index (χ3n) is 3.81. The lowest BCUT2D eigenvalue weighted by molar-refractivity contribution is -0.116. The summed E-state index contributed by atoms with van der Waals surface area (Å²) < 4.78 is 12.2. The molecule has 0 bridgehead atoms. The molecule has 0 saturated heterocycles. The molecule has 0 fully saturated rings. The number of benzene rings is 1. The number of esters is 1. The number of amides is 1. The predicted molar refractivity (Wildman–Crippen MR) is 99.8 cm³/mol. The zero-order chi connectivity index (χ0) is 18.5. The Labute approximate surface area is 154 Å². The van der Waals surface area contributed by atoms with E-state index in [2.05, 4.69) is 10.3 Å². The number of aryl methyl sites for hydroxylation is 1. The Morgan fingerprint density at radius 1 is 1.31 bits per heavy atom. The van der Waals surface area contributed by atoms with Crippen LogP contribution in [0.1, 0.15) is 23.8 Å². The van der Waals surface area contributed by atoms with Gasteiger partial charge in [0.1, 0.15) is 5.75 Å². The van der Waals surface area contributed by atoms with E-state index in [0.29, 0.717) is 11.7 Å². The van der Waals surface area contributed by atoms with Crippen LogP contribution in [0.5, 0.6) is 5.75 Å². The van der Waals surface area contributed by atoms with Crippen LogP contribution in [0.25, 0.3) is 10.9 Å². The normalized spacial score (nSPS) is 10.7. The first-order valence-corrected chi connectivity index (χ1v) is 9.04. The predicted octanol–water partition coefficient (Wildman–Crippen LogP) is 3.31. The molecule has 2 heterocycles. The van der Waals surface area contributed by atoms with Crippen LogP contribution in [0.4, 0.5) is 5.13 Å². The van der Waals surface area contributed by atoms with E-state index in [9.17, 15) is 9.59 Å². The number of hydrogen-bond acceptors (Lipinski definition) is 6. The van der Waals surface area contributed by atoms with E-state index in [1.165, 1.54) is 11.3 Å². The zero-order valence-electron chi connectivity index (χ0n) is 14.5. The van der Waals surface area contributed by atoms with Gasteiger partial charge in [0.15, 0.2) is 10.8 Å². The largest absolute Gasteiger partial charge is 0.496 e. The Balaban J connectivity index is 1.60. The van der Waals surface area contributed by atoms with Gasteiger partial charge in [-0.3, -0.25) is 4.79 Å².